The third-order valence-electron chi connectivity index (χ3n) is 4.34. The van der Waals surface area contributed by atoms with E-state index in [-0.39, 0.29) is 12.4 Å². The summed E-state index contributed by atoms with van der Waals surface area (Å²) in [5.74, 6) is -0.247. The number of nitrogens with zero attached hydrogens (tertiary/aromatic N) is 3. The van der Waals surface area contributed by atoms with Gasteiger partial charge in [0.05, 0.1) is 23.3 Å². The normalized spacial score (nSPS) is 11.0. The van der Waals surface area contributed by atoms with E-state index in [9.17, 15) is 9.50 Å². The van der Waals surface area contributed by atoms with Gasteiger partial charge in [0.2, 0.25) is 0 Å². The number of benzene rings is 2. The lowest BCUT2D eigenvalue weighted by Gasteiger charge is -2.12. The Kier molecular flexibility index (Phi) is 4.14. The molecule has 2 aromatic heterocycles. The summed E-state index contributed by atoms with van der Waals surface area (Å²) in [6.45, 7) is 1.63. The molecule has 128 valence electrons. The largest absolute Gasteiger partial charge is 0.392 e. The number of hydrogen-bond acceptors (Lipinski definition) is 4. The molecule has 4 nitrogen and oxygen atoms in total. The lowest BCUT2D eigenvalue weighted by atomic mass is 9.96. The van der Waals surface area contributed by atoms with Crippen LogP contribution >= 0.6 is 0 Å². The van der Waals surface area contributed by atoms with Gasteiger partial charge < -0.3 is 5.11 Å². The number of aliphatic hydroxyl groups excluding tert-OH is 1. The van der Waals surface area contributed by atoms with Crippen LogP contribution in [0.2, 0.25) is 0 Å². The van der Waals surface area contributed by atoms with Crippen molar-refractivity contribution in [3.8, 4) is 22.4 Å². The molecule has 0 saturated heterocycles. The van der Waals surface area contributed by atoms with Crippen molar-refractivity contribution in [3.05, 3.63) is 78.0 Å². The van der Waals surface area contributed by atoms with E-state index < -0.39 is 0 Å². The average Bonchev–Trinajstić information content (AvgIpc) is 2.69. The lowest BCUT2D eigenvalue weighted by molar-refractivity contribution is 0.281. The van der Waals surface area contributed by atoms with Crippen LogP contribution in [-0.4, -0.2) is 20.1 Å². The highest BCUT2D eigenvalue weighted by molar-refractivity contribution is 5.87. The third kappa shape index (κ3) is 2.93. The fourth-order valence-electron chi connectivity index (χ4n) is 2.97. The fraction of sp³-hybridized carbons (Fsp3) is 0.0952. The number of aryl methyl sites for hydroxylation is 1. The quantitative estimate of drug-likeness (QED) is 0.601. The minimum atomic E-state index is -0.247. The SMILES string of the molecule is Cc1cc(-c2ncc(CO)cc2-c2ccc3nccnc3c2)ccc1F. The smallest absolute Gasteiger partial charge is 0.126 e. The minimum Gasteiger partial charge on any atom is -0.392 e. The molecule has 4 rings (SSSR count). The number of halogens is 1. The molecule has 0 amide bonds. The van der Waals surface area contributed by atoms with E-state index >= 15 is 0 Å². The van der Waals surface area contributed by atoms with Crippen molar-refractivity contribution in [1.29, 1.82) is 0 Å². The highest BCUT2D eigenvalue weighted by Crippen LogP contribution is 2.33. The Morgan fingerprint density at radius 1 is 0.885 bits per heavy atom. The predicted octanol–water partition coefficient (Wildman–Crippen LogP) is 4.30. The topological polar surface area (TPSA) is 58.9 Å². The third-order valence-corrected chi connectivity index (χ3v) is 4.34. The zero-order valence-corrected chi connectivity index (χ0v) is 14.1. The summed E-state index contributed by atoms with van der Waals surface area (Å²) in [5, 5.41) is 9.51. The Morgan fingerprint density at radius 3 is 2.42 bits per heavy atom. The number of rotatable bonds is 3. The van der Waals surface area contributed by atoms with Crippen LogP contribution in [0, 0.1) is 12.7 Å². The van der Waals surface area contributed by atoms with Crippen LogP contribution in [0.5, 0.6) is 0 Å². The van der Waals surface area contributed by atoms with Gasteiger partial charge in [-0.25, -0.2) is 4.39 Å². The fourth-order valence-corrected chi connectivity index (χ4v) is 2.97. The number of aromatic nitrogens is 3. The predicted molar refractivity (Wildman–Crippen MR) is 98.8 cm³/mol. The summed E-state index contributed by atoms with van der Waals surface area (Å²) in [5.41, 5.74) is 6.18. The molecule has 4 aromatic rings. The van der Waals surface area contributed by atoms with E-state index in [0.29, 0.717) is 11.1 Å². The molecule has 0 spiro atoms. The lowest BCUT2D eigenvalue weighted by Crippen LogP contribution is -1.95. The van der Waals surface area contributed by atoms with Gasteiger partial charge in [-0.15, -0.1) is 0 Å². The highest BCUT2D eigenvalue weighted by Gasteiger charge is 2.12. The van der Waals surface area contributed by atoms with Crippen molar-refractivity contribution >= 4 is 11.0 Å². The Hall–Kier alpha value is -3.18. The van der Waals surface area contributed by atoms with Gasteiger partial charge in [-0.05, 0) is 60.0 Å². The van der Waals surface area contributed by atoms with Crippen LogP contribution in [0.15, 0.2) is 61.1 Å². The van der Waals surface area contributed by atoms with Gasteiger partial charge in [0.25, 0.3) is 0 Å². The van der Waals surface area contributed by atoms with Gasteiger partial charge >= 0.3 is 0 Å². The number of fused-ring (bicyclic) bond motifs is 1. The summed E-state index contributed by atoms with van der Waals surface area (Å²) in [6.07, 6.45) is 4.94. The Labute approximate surface area is 150 Å². The molecular formula is C21H16FN3O. The van der Waals surface area contributed by atoms with Crippen LogP contribution in [0.1, 0.15) is 11.1 Å². The Balaban J connectivity index is 1.94. The molecule has 2 heterocycles. The van der Waals surface area contributed by atoms with Crippen molar-refractivity contribution in [2.75, 3.05) is 0 Å². The second-order valence-corrected chi connectivity index (χ2v) is 6.12. The van der Waals surface area contributed by atoms with E-state index in [1.54, 1.807) is 37.6 Å². The van der Waals surface area contributed by atoms with Crippen molar-refractivity contribution in [1.82, 2.24) is 15.0 Å². The summed E-state index contributed by atoms with van der Waals surface area (Å²) < 4.78 is 13.7. The molecular weight excluding hydrogens is 329 g/mol. The Bertz CT molecular complexity index is 1110. The first-order valence-electron chi connectivity index (χ1n) is 8.23. The van der Waals surface area contributed by atoms with Crippen molar-refractivity contribution in [2.45, 2.75) is 13.5 Å². The van der Waals surface area contributed by atoms with E-state index in [0.717, 1.165) is 33.4 Å². The summed E-state index contributed by atoms with van der Waals surface area (Å²) >= 11 is 0. The number of pyridine rings is 1. The van der Waals surface area contributed by atoms with E-state index in [1.807, 2.05) is 24.3 Å². The van der Waals surface area contributed by atoms with Crippen molar-refractivity contribution in [2.24, 2.45) is 0 Å². The van der Waals surface area contributed by atoms with Crippen LogP contribution in [0.4, 0.5) is 4.39 Å². The maximum Gasteiger partial charge on any atom is 0.126 e. The molecule has 1 N–H and O–H groups in total. The number of hydrogen-bond donors (Lipinski definition) is 1. The first-order chi connectivity index (χ1) is 12.7. The zero-order chi connectivity index (χ0) is 18.1. The molecule has 26 heavy (non-hydrogen) atoms. The molecule has 0 fully saturated rings. The van der Waals surface area contributed by atoms with Crippen LogP contribution < -0.4 is 0 Å². The second kappa shape index (κ2) is 6.61. The van der Waals surface area contributed by atoms with Crippen LogP contribution in [0.25, 0.3) is 33.4 Å². The summed E-state index contributed by atoms with van der Waals surface area (Å²) in [7, 11) is 0. The molecule has 0 unspecified atom stereocenters. The molecule has 0 aliphatic heterocycles. The average molecular weight is 345 g/mol. The van der Waals surface area contributed by atoms with Crippen LogP contribution in [-0.2, 0) is 6.61 Å². The van der Waals surface area contributed by atoms with Crippen molar-refractivity contribution in [3.63, 3.8) is 0 Å². The maximum atomic E-state index is 13.7. The standard InChI is InChI=1S/C21H16FN3O/c1-13-8-16(2-4-18(13)22)21-17(9-14(12-26)11-25-21)15-3-5-19-20(10-15)24-7-6-23-19/h2-11,26H,12H2,1H3. The van der Waals surface area contributed by atoms with Crippen molar-refractivity contribution < 1.29 is 9.50 Å². The first-order valence-corrected chi connectivity index (χ1v) is 8.23. The highest BCUT2D eigenvalue weighted by atomic mass is 19.1. The summed E-state index contributed by atoms with van der Waals surface area (Å²) in [4.78, 5) is 13.2. The van der Waals surface area contributed by atoms with Gasteiger partial charge in [0, 0.05) is 29.7 Å². The molecule has 2 aromatic carbocycles. The minimum absolute atomic E-state index is 0.101. The Morgan fingerprint density at radius 2 is 1.65 bits per heavy atom. The molecule has 5 heteroatoms. The zero-order valence-electron chi connectivity index (χ0n) is 14.1. The second-order valence-electron chi connectivity index (χ2n) is 6.12. The maximum absolute atomic E-state index is 13.7. The van der Waals surface area contributed by atoms with Gasteiger partial charge in [-0.2, -0.15) is 0 Å². The molecule has 0 saturated carbocycles. The van der Waals surface area contributed by atoms with E-state index in [1.165, 1.54) is 6.07 Å². The first kappa shape index (κ1) is 16.3. The van der Waals surface area contributed by atoms with Gasteiger partial charge in [0.15, 0.2) is 0 Å². The molecule has 0 bridgehead atoms. The molecule has 0 aliphatic rings. The molecule has 0 aliphatic carbocycles. The van der Waals surface area contributed by atoms with Gasteiger partial charge in [0.1, 0.15) is 5.82 Å². The summed E-state index contributed by atoms with van der Waals surface area (Å²) in [6, 6.07) is 12.6. The van der Waals surface area contributed by atoms with Crippen LogP contribution in [0.3, 0.4) is 0 Å². The monoisotopic (exact) mass is 345 g/mol. The molecule has 0 radical (unpaired) electrons. The van der Waals surface area contributed by atoms with E-state index in [2.05, 4.69) is 15.0 Å². The number of aliphatic hydroxyl groups is 1. The van der Waals surface area contributed by atoms with Gasteiger partial charge in [-0.3, -0.25) is 15.0 Å². The molecule has 0 atom stereocenters. The van der Waals surface area contributed by atoms with Gasteiger partial charge in [-0.1, -0.05) is 6.07 Å². The van der Waals surface area contributed by atoms with E-state index in [4.69, 9.17) is 0 Å².